The number of hydrogen-bond acceptors (Lipinski definition) is 5. The monoisotopic (exact) mass is 399 g/mol. The van der Waals surface area contributed by atoms with Crippen LogP contribution < -0.4 is 10.2 Å². The molecule has 1 saturated heterocycles. The minimum Gasteiger partial charge on any atom is -0.452 e. The Bertz CT molecular complexity index is 881. The Hall–Kier alpha value is -2.90. The Kier molecular flexibility index (Phi) is 4.80. The van der Waals surface area contributed by atoms with E-state index in [1.54, 1.807) is 24.3 Å². The SMILES string of the molecule is CC[C@H](C)NC(=O)COC(=O)[C@@]12CCC(=O)N1c1ccccc1C(=O)N2C1CC1. The molecule has 0 radical (unpaired) electrons. The van der Waals surface area contributed by atoms with Crippen molar-refractivity contribution in [3.8, 4) is 0 Å². The zero-order valence-electron chi connectivity index (χ0n) is 16.6. The zero-order valence-corrected chi connectivity index (χ0v) is 16.6. The third-order valence-electron chi connectivity index (χ3n) is 5.89. The fourth-order valence-corrected chi connectivity index (χ4v) is 4.18. The smallest absolute Gasteiger partial charge is 0.354 e. The molecule has 0 bridgehead atoms. The van der Waals surface area contributed by atoms with Crippen LogP contribution in [0.3, 0.4) is 0 Å². The fourth-order valence-electron chi connectivity index (χ4n) is 4.18. The van der Waals surface area contributed by atoms with Crippen LogP contribution in [0.25, 0.3) is 0 Å². The van der Waals surface area contributed by atoms with Crippen molar-refractivity contribution >= 4 is 29.4 Å². The van der Waals surface area contributed by atoms with Gasteiger partial charge in [-0.25, -0.2) is 4.79 Å². The highest BCUT2D eigenvalue weighted by atomic mass is 16.5. The van der Waals surface area contributed by atoms with Gasteiger partial charge in [-0.2, -0.15) is 0 Å². The summed E-state index contributed by atoms with van der Waals surface area (Å²) in [5.74, 6) is -1.62. The van der Waals surface area contributed by atoms with E-state index >= 15 is 0 Å². The number of benzene rings is 1. The molecule has 8 nitrogen and oxygen atoms in total. The van der Waals surface area contributed by atoms with Gasteiger partial charge in [0, 0.05) is 24.9 Å². The van der Waals surface area contributed by atoms with Crippen LogP contribution in [0.15, 0.2) is 24.3 Å². The second kappa shape index (κ2) is 7.17. The van der Waals surface area contributed by atoms with Gasteiger partial charge in [-0.05, 0) is 38.3 Å². The van der Waals surface area contributed by atoms with E-state index in [1.165, 1.54) is 9.80 Å². The van der Waals surface area contributed by atoms with Crippen molar-refractivity contribution in [1.29, 1.82) is 0 Å². The molecule has 1 aromatic carbocycles. The number of nitrogens with zero attached hydrogens (tertiary/aromatic N) is 2. The number of nitrogens with one attached hydrogen (secondary N) is 1. The van der Waals surface area contributed by atoms with Crippen molar-refractivity contribution in [1.82, 2.24) is 10.2 Å². The first kappa shape index (κ1) is 19.4. The van der Waals surface area contributed by atoms with Gasteiger partial charge in [0.25, 0.3) is 11.8 Å². The average Bonchev–Trinajstić information content (AvgIpc) is 3.48. The zero-order chi connectivity index (χ0) is 20.8. The van der Waals surface area contributed by atoms with Crippen LogP contribution in [0.1, 0.15) is 56.3 Å². The van der Waals surface area contributed by atoms with Crippen LogP contribution in [-0.2, 0) is 19.1 Å². The van der Waals surface area contributed by atoms with Crippen molar-refractivity contribution in [3.63, 3.8) is 0 Å². The van der Waals surface area contributed by atoms with E-state index in [4.69, 9.17) is 4.74 Å². The molecule has 2 aliphatic heterocycles. The molecule has 2 atom stereocenters. The standard InChI is InChI=1S/C21H25N3O5/c1-3-13(2)22-17(25)12-29-20(28)21-11-10-18(26)24(21)16-7-5-4-6-15(16)19(27)23(21)14-8-9-14/h4-7,13-14H,3,8-12H2,1-2H3,(H,22,25)/t13-,21+/m0/s1. The Morgan fingerprint density at radius 2 is 2.00 bits per heavy atom. The van der Waals surface area contributed by atoms with Crippen molar-refractivity contribution < 1.29 is 23.9 Å². The van der Waals surface area contributed by atoms with Gasteiger partial charge in [0.15, 0.2) is 6.61 Å². The maximum atomic E-state index is 13.3. The number of hydrogen-bond donors (Lipinski definition) is 1. The highest BCUT2D eigenvalue weighted by Gasteiger charge is 2.64. The molecular formula is C21H25N3O5. The quantitative estimate of drug-likeness (QED) is 0.733. The number of amides is 3. The number of ether oxygens (including phenoxy) is 1. The van der Waals surface area contributed by atoms with E-state index in [-0.39, 0.29) is 36.7 Å². The predicted octanol–water partition coefficient (Wildman–Crippen LogP) is 1.59. The molecule has 29 heavy (non-hydrogen) atoms. The Labute approximate surface area is 169 Å². The van der Waals surface area contributed by atoms with Gasteiger partial charge < -0.3 is 15.0 Å². The minimum atomic E-state index is -1.51. The second-order valence-corrected chi connectivity index (χ2v) is 7.92. The normalized spacial score (nSPS) is 24.1. The van der Waals surface area contributed by atoms with Crippen LogP contribution in [0.2, 0.25) is 0 Å². The number of fused-ring (bicyclic) bond motifs is 3. The lowest BCUT2D eigenvalue weighted by Gasteiger charge is -2.48. The second-order valence-electron chi connectivity index (χ2n) is 7.92. The Morgan fingerprint density at radius 1 is 1.28 bits per heavy atom. The summed E-state index contributed by atoms with van der Waals surface area (Å²) in [6, 6.07) is 6.69. The molecule has 3 amide bonds. The molecule has 3 aliphatic rings. The number of carbonyl (C=O) groups excluding carboxylic acids is 4. The molecule has 1 N–H and O–H groups in total. The summed E-state index contributed by atoms with van der Waals surface area (Å²) >= 11 is 0. The van der Waals surface area contributed by atoms with Gasteiger partial charge in [0.1, 0.15) is 0 Å². The molecule has 1 aliphatic carbocycles. The summed E-state index contributed by atoms with van der Waals surface area (Å²) in [7, 11) is 0. The maximum Gasteiger partial charge on any atom is 0.354 e. The summed E-state index contributed by atoms with van der Waals surface area (Å²) in [6.45, 7) is 3.36. The number of anilines is 1. The summed E-state index contributed by atoms with van der Waals surface area (Å²) < 4.78 is 5.37. The van der Waals surface area contributed by atoms with E-state index in [2.05, 4.69) is 5.32 Å². The van der Waals surface area contributed by atoms with Crippen LogP contribution >= 0.6 is 0 Å². The van der Waals surface area contributed by atoms with Crippen molar-refractivity contribution in [2.75, 3.05) is 11.5 Å². The largest absolute Gasteiger partial charge is 0.452 e. The summed E-state index contributed by atoms with van der Waals surface area (Å²) in [4.78, 5) is 54.4. The third kappa shape index (κ3) is 3.07. The van der Waals surface area contributed by atoms with E-state index < -0.39 is 24.1 Å². The van der Waals surface area contributed by atoms with Gasteiger partial charge in [-0.15, -0.1) is 0 Å². The first-order valence-corrected chi connectivity index (χ1v) is 10.1. The number of carbonyl (C=O) groups is 4. The van der Waals surface area contributed by atoms with Gasteiger partial charge >= 0.3 is 5.97 Å². The van der Waals surface area contributed by atoms with Crippen molar-refractivity contribution in [2.24, 2.45) is 0 Å². The van der Waals surface area contributed by atoms with Crippen LogP contribution in [0, 0.1) is 0 Å². The van der Waals surface area contributed by atoms with E-state index in [1.807, 2.05) is 13.8 Å². The fraction of sp³-hybridized carbons (Fsp3) is 0.524. The van der Waals surface area contributed by atoms with E-state index in [0.29, 0.717) is 11.3 Å². The molecule has 2 fully saturated rings. The van der Waals surface area contributed by atoms with Crippen molar-refractivity contribution in [3.05, 3.63) is 29.8 Å². The molecule has 1 saturated carbocycles. The number of para-hydroxylation sites is 1. The lowest BCUT2D eigenvalue weighted by Crippen LogP contribution is -2.69. The molecule has 154 valence electrons. The molecule has 8 heteroatoms. The third-order valence-corrected chi connectivity index (χ3v) is 5.89. The topological polar surface area (TPSA) is 96.0 Å². The summed E-state index contributed by atoms with van der Waals surface area (Å²) in [5.41, 5.74) is -0.675. The molecule has 0 spiro atoms. The van der Waals surface area contributed by atoms with Crippen LogP contribution in [-0.4, -0.2) is 52.9 Å². The molecule has 2 heterocycles. The molecule has 0 unspecified atom stereocenters. The number of rotatable bonds is 6. The lowest BCUT2D eigenvalue weighted by atomic mass is 9.96. The molecule has 0 aromatic heterocycles. The first-order valence-electron chi connectivity index (χ1n) is 10.1. The van der Waals surface area contributed by atoms with Crippen molar-refractivity contribution in [2.45, 2.75) is 63.7 Å². The van der Waals surface area contributed by atoms with Crippen LogP contribution in [0.5, 0.6) is 0 Å². The van der Waals surface area contributed by atoms with Gasteiger partial charge in [0.2, 0.25) is 11.6 Å². The highest BCUT2D eigenvalue weighted by molar-refractivity contribution is 6.15. The highest BCUT2D eigenvalue weighted by Crippen LogP contribution is 2.49. The Balaban J connectivity index is 1.67. The number of esters is 1. The molecule has 4 rings (SSSR count). The van der Waals surface area contributed by atoms with Gasteiger partial charge in [-0.3, -0.25) is 19.3 Å². The predicted molar refractivity (Wildman–Crippen MR) is 104 cm³/mol. The van der Waals surface area contributed by atoms with E-state index in [0.717, 1.165) is 19.3 Å². The molecular weight excluding hydrogens is 374 g/mol. The molecule has 1 aromatic rings. The lowest BCUT2D eigenvalue weighted by molar-refractivity contribution is -0.160. The maximum absolute atomic E-state index is 13.3. The first-order chi connectivity index (χ1) is 13.9. The summed E-state index contributed by atoms with van der Waals surface area (Å²) in [6.07, 6.45) is 2.61. The van der Waals surface area contributed by atoms with Crippen LogP contribution in [0.4, 0.5) is 5.69 Å². The van der Waals surface area contributed by atoms with E-state index in [9.17, 15) is 19.2 Å². The average molecular weight is 399 g/mol. The van der Waals surface area contributed by atoms with Gasteiger partial charge in [0.05, 0.1) is 11.3 Å². The Morgan fingerprint density at radius 3 is 2.69 bits per heavy atom. The van der Waals surface area contributed by atoms with Gasteiger partial charge in [-0.1, -0.05) is 19.1 Å². The minimum absolute atomic E-state index is 0.0324. The summed E-state index contributed by atoms with van der Waals surface area (Å²) in [5, 5.41) is 2.75.